The van der Waals surface area contributed by atoms with E-state index in [1.165, 1.54) is 11.3 Å². The quantitative estimate of drug-likeness (QED) is 0.799. The molecule has 0 spiro atoms. The fourth-order valence-corrected chi connectivity index (χ4v) is 2.67. The highest BCUT2D eigenvalue weighted by Gasteiger charge is 2.19. The van der Waals surface area contributed by atoms with Gasteiger partial charge < -0.3 is 15.0 Å². The zero-order valence-corrected chi connectivity index (χ0v) is 11.9. The lowest BCUT2D eigenvalue weighted by Gasteiger charge is -2.07. The highest BCUT2D eigenvalue weighted by Crippen LogP contribution is 2.39. The minimum atomic E-state index is 0.291. The number of hydrogen-bond acceptors (Lipinski definition) is 6. The maximum atomic E-state index is 5.92. The number of anilines is 1. The van der Waals surface area contributed by atoms with Gasteiger partial charge in [-0.15, -0.1) is 11.3 Å². The molecular formula is C14H13N3O2S. The minimum absolute atomic E-state index is 0.291. The van der Waals surface area contributed by atoms with Gasteiger partial charge in [0.25, 0.3) is 0 Å². The Morgan fingerprint density at radius 1 is 1.35 bits per heavy atom. The van der Waals surface area contributed by atoms with Crippen molar-refractivity contribution in [2.45, 2.75) is 6.92 Å². The van der Waals surface area contributed by atoms with E-state index in [0.29, 0.717) is 11.6 Å². The topological polar surface area (TPSA) is 74.2 Å². The van der Waals surface area contributed by atoms with Gasteiger partial charge >= 0.3 is 0 Å². The zero-order chi connectivity index (χ0) is 14.1. The molecule has 0 unspecified atom stereocenters. The van der Waals surface area contributed by atoms with Gasteiger partial charge in [-0.25, -0.2) is 0 Å². The standard InChI is InChI=1S/C14H13N3O2S/c1-8-3-4-9(5-10(8)18-2)12-13(17-19-14(12)15)11-6-16-7-20-11/h3-7H,15H2,1-2H3. The van der Waals surface area contributed by atoms with Crippen LogP contribution in [-0.4, -0.2) is 17.3 Å². The molecule has 1 aromatic carbocycles. The molecule has 0 saturated carbocycles. The largest absolute Gasteiger partial charge is 0.496 e. The van der Waals surface area contributed by atoms with Crippen molar-refractivity contribution in [3.63, 3.8) is 0 Å². The molecule has 102 valence electrons. The maximum Gasteiger partial charge on any atom is 0.230 e. The lowest BCUT2D eigenvalue weighted by molar-refractivity contribution is 0.412. The van der Waals surface area contributed by atoms with Crippen LogP contribution in [0, 0.1) is 6.92 Å². The summed E-state index contributed by atoms with van der Waals surface area (Å²) in [6.45, 7) is 1.99. The third kappa shape index (κ3) is 2.04. The van der Waals surface area contributed by atoms with Gasteiger partial charge in [-0.1, -0.05) is 17.3 Å². The van der Waals surface area contributed by atoms with E-state index < -0.39 is 0 Å². The molecule has 0 atom stereocenters. The van der Waals surface area contributed by atoms with E-state index in [1.54, 1.807) is 18.8 Å². The van der Waals surface area contributed by atoms with Crippen LogP contribution in [0.1, 0.15) is 5.56 Å². The average molecular weight is 287 g/mol. The van der Waals surface area contributed by atoms with E-state index in [0.717, 1.165) is 27.3 Å². The number of benzene rings is 1. The van der Waals surface area contributed by atoms with Crippen molar-refractivity contribution in [2.24, 2.45) is 0 Å². The summed E-state index contributed by atoms with van der Waals surface area (Å²) in [4.78, 5) is 4.98. The SMILES string of the molecule is COc1cc(-c2c(-c3cncs3)noc2N)ccc1C. The van der Waals surface area contributed by atoms with Gasteiger partial charge in [-0.2, -0.15) is 0 Å². The Bertz CT molecular complexity index is 735. The summed E-state index contributed by atoms with van der Waals surface area (Å²) in [5, 5.41) is 4.04. The summed E-state index contributed by atoms with van der Waals surface area (Å²) in [6.07, 6.45) is 1.75. The number of aromatic nitrogens is 2. The van der Waals surface area contributed by atoms with Gasteiger partial charge in [0.15, 0.2) is 0 Å². The van der Waals surface area contributed by atoms with Crippen LogP contribution in [0.25, 0.3) is 21.7 Å². The van der Waals surface area contributed by atoms with E-state index in [2.05, 4.69) is 10.1 Å². The van der Waals surface area contributed by atoms with Crippen molar-refractivity contribution in [1.82, 2.24) is 10.1 Å². The monoisotopic (exact) mass is 287 g/mol. The van der Waals surface area contributed by atoms with Crippen molar-refractivity contribution < 1.29 is 9.26 Å². The zero-order valence-electron chi connectivity index (χ0n) is 11.1. The van der Waals surface area contributed by atoms with Gasteiger partial charge in [0, 0.05) is 6.20 Å². The Morgan fingerprint density at radius 3 is 2.90 bits per heavy atom. The number of aryl methyl sites for hydroxylation is 1. The van der Waals surface area contributed by atoms with Gasteiger partial charge in [0.2, 0.25) is 5.88 Å². The van der Waals surface area contributed by atoms with Crippen LogP contribution in [0.15, 0.2) is 34.4 Å². The van der Waals surface area contributed by atoms with Crippen LogP contribution in [0.5, 0.6) is 5.75 Å². The first kappa shape index (κ1) is 12.7. The summed E-state index contributed by atoms with van der Waals surface area (Å²) in [5.74, 6) is 1.10. The third-order valence-electron chi connectivity index (χ3n) is 3.08. The maximum absolute atomic E-state index is 5.92. The lowest BCUT2D eigenvalue weighted by atomic mass is 10.0. The van der Waals surface area contributed by atoms with E-state index in [1.807, 2.05) is 25.1 Å². The van der Waals surface area contributed by atoms with Crippen molar-refractivity contribution in [2.75, 3.05) is 12.8 Å². The van der Waals surface area contributed by atoms with E-state index in [4.69, 9.17) is 15.0 Å². The van der Waals surface area contributed by atoms with E-state index in [9.17, 15) is 0 Å². The van der Waals surface area contributed by atoms with Crippen LogP contribution in [-0.2, 0) is 0 Å². The number of thiazole rings is 1. The molecule has 2 aromatic heterocycles. The first-order valence-corrected chi connectivity index (χ1v) is 6.87. The Labute approximate surface area is 120 Å². The van der Waals surface area contributed by atoms with E-state index in [-0.39, 0.29) is 0 Å². The summed E-state index contributed by atoms with van der Waals surface area (Å²) >= 11 is 1.49. The molecule has 0 amide bonds. The predicted octanol–water partition coefficient (Wildman–Crippen LogP) is 3.36. The van der Waals surface area contributed by atoms with Gasteiger partial charge in [0.1, 0.15) is 11.4 Å². The average Bonchev–Trinajstić information content (AvgIpc) is 3.08. The summed E-state index contributed by atoms with van der Waals surface area (Å²) < 4.78 is 10.5. The van der Waals surface area contributed by atoms with Crippen LogP contribution >= 0.6 is 11.3 Å². The molecule has 0 aliphatic carbocycles. The molecular weight excluding hydrogens is 274 g/mol. The number of ether oxygens (including phenoxy) is 1. The number of methoxy groups -OCH3 is 1. The molecule has 3 aromatic rings. The molecule has 20 heavy (non-hydrogen) atoms. The highest BCUT2D eigenvalue weighted by atomic mass is 32.1. The predicted molar refractivity (Wildman–Crippen MR) is 78.7 cm³/mol. The van der Waals surface area contributed by atoms with Crippen molar-refractivity contribution in [1.29, 1.82) is 0 Å². The molecule has 2 N–H and O–H groups in total. The number of rotatable bonds is 3. The molecule has 3 rings (SSSR count). The van der Waals surface area contributed by atoms with Crippen LogP contribution < -0.4 is 10.5 Å². The van der Waals surface area contributed by atoms with E-state index >= 15 is 0 Å². The van der Waals surface area contributed by atoms with Crippen molar-refractivity contribution in [3.8, 4) is 27.4 Å². The van der Waals surface area contributed by atoms with Gasteiger partial charge in [0.05, 0.1) is 23.1 Å². The second kappa shape index (κ2) is 4.97. The smallest absolute Gasteiger partial charge is 0.230 e. The Hall–Kier alpha value is -2.34. The van der Waals surface area contributed by atoms with Crippen LogP contribution in [0.3, 0.4) is 0 Å². The molecule has 2 heterocycles. The Morgan fingerprint density at radius 2 is 2.20 bits per heavy atom. The fraction of sp³-hybridized carbons (Fsp3) is 0.143. The van der Waals surface area contributed by atoms with Crippen LogP contribution in [0.2, 0.25) is 0 Å². The number of nitrogen functional groups attached to an aromatic ring is 1. The van der Waals surface area contributed by atoms with Gasteiger partial charge in [-0.3, -0.25) is 4.98 Å². The Kier molecular flexibility index (Phi) is 3.15. The Balaban J connectivity index is 2.17. The van der Waals surface area contributed by atoms with Crippen LogP contribution in [0.4, 0.5) is 5.88 Å². The fourth-order valence-electron chi connectivity index (χ4n) is 2.06. The molecule has 0 aliphatic heterocycles. The second-order valence-corrected chi connectivity index (χ2v) is 5.21. The summed E-state index contributed by atoms with van der Waals surface area (Å²) in [7, 11) is 1.65. The minimum Gasteiger partial charge on any atom is -0.496 e. The molecule has 0 bridgehead atoms. The normalized spacial score (nSPS) is 10.7. The lowest BCUT2D eigenvalue weighted by Crippen LogP contribution is -1.90. The third-order valence-corrected chi connectivity index (χ3v) is 3.86. The molecule has 0 saturated heterocycles. The van der Waals surface area contributed by atoms with Crippen molar-refractivity contribution >= 4 is 17.2 Å². The summed E-state index contributed by atoms with van der Waals surface area (Å²) in [6, 6.07) is 5.89. The summed E-state index contributed by atoms with van der Waals surface area (Å²) in [5.41, 5.74) is 11.1. The first-order valence-electron chi connectivity index (χ1n) is 5.99. The number of nitrogens with zero attached hydrogens (tertiary/aromatic N) is 2. The molecule has 6 heteroatoms. The highest BCUT2D eigenvalue weighted by molar-refractivity contribution is 7.13. The van der Waals surface area contributed by atoms with Gasteiger partial charge in [-0.05, 0) is 24.1 Å². The molecule has 0 aliphatic rings. The first-order chi connectivity index (χ1) is 9.70. The number of hydrogen-bond donors (Lipinski definition) is 1. The molecule has 0 radical (unpaired) electrons. The molecule has 0 fully saturated rings. The molecule has 5 nitrogen and oxygen atoms in total. The van der Waals surface area contributed by atoms with Crippen molar-refractivity contribution in [3.05, 3.63) is 35.5 Å². The number of nitrogens with two attached hydrogens (primary N) is 1. The second-order valence-electron chi connectivity index (χ2n) is 4.32.